The molecule has 1 aromatic rings. The first kappa shape index (κ1) is 9.12. The minimum Gasteiger partial charge on any atom is -0.481 e. The summed E-state index contributed by atoms with van der Waals surface area (Å²) < 4.78 is 1.78. The fourth-order valence-electron chi connectivity index (χ4n) is 0.957. The van der Waals surface area contributed by atoms with E-state index in [2.05, 4.69) is 17.6 Å². The molecule has 0 aliphatic rings. The fourth-order valence-corrected chi connectivity index (χ4v) is 1.28. The number of hydrogen-bond donors (Lipinski definition) is 2. The molecular formula is C7H10N2O2S. The predicted octanol–water partition coefficient (Wildman–Crippen LogP) is 0.726. The molecule has 1 rings (SSSR count). The Morgan fingerprint density at radius 2 is 2.50 bits per heavy atom. The van der Waals surface area contributed by atoms with E-state index in [-0.39, 0.29) is 6.42 Å². The minimum atomic E-state index is -0.802. The quantitative estimate of drug-likeness (QED) is 0.684. The SMILES string of the molecule is Cn1cnc(S)c1CCC(=O)O. The zero-order valence-electron chi connectivity index (χ0n) is 6.69. The molecule has 0 atom stereocenters. The van der Waals surface area contributed by atoms with Gasteiger partial charge in [0.05, 0.1) is 18.4 Å². The third-order valence-corrected chi connectivity index (χ3v) is 1.99. The van der Waals surface area contributed by atoms with E-state index in [1.807, 2.05) is 7.05 Å². The van der Waals surface area contributed by atoms with Gasteiger partial charge >= 0.3 is 5.97 Å². The lowest BCUT2D eigenvalue weighted by atomic mass is 10.2. The number of imidazole rings is 1. The summed E-state index contributed by atoms with van der Waals surface area (Å²) in [4.78, 5) is 14.2. The summed E-state index contributed by atoms with van der Waals surface area (Å²) in [5.41, 5.74) is 0.862. The summed E-state index contributed by atoms with van der Waals surface area (Å²) in [5, 5.41) is 9.05. The number of aryl methyl sites for hydroxylation is 1. The van der Waals surface area contributed by atoms with Crippen LogP contribution in [0, 0.1) is 0 Å². The molecule has 4 nitrogen and oxygen atoms in total. The second-order valence-electron chi connectivity index (χ2n) is 2.52. The van der Waals surface area contributed by atoms with Crippen molar-refractivity contribution in [1.29, 1.82) is 0 Å². The maximum Gasteiger partial charge on any atom is 0.303 e. The van der Waals surface area contributed by atoms with Crippen LogP contribution >= 0.6 is 12.6 Å². The zero-order chi connectivity index (χ0) is 9.14. The summed E-state index contributed by atoms with van der Waals surface area (Å²) in [6.07, 6.45) is 2.22. The minimum absolute atomic E-state index is 0.118. The fraction of sp³-hybridized carbons (Fsp3) is 0.429. The Balaban J connectivity index is 2.68. The average Bonchev–Trinajstić information content (AvgIpc) is 2.28. The first-order chi connectivity index (χ1) is 5.61. The smallest absolute Gasteiger partial charge is 0.303 e. The van der Waals surface area contributed by atoms with Gasteiger partial charge < -0.3 is 9.67 Å². The van der Waals surface area contributed by atoms with Crippen molar-refractivity contribution in [1.82, 2.24) is 9.55 Å². The highest BCUT2D eigenvalue weighted by atomic mass is 32.1. The Hall–Kier alpha value is -0.970. The standard InChI is InChI=1S/C7H10N2O2S/c1-9-4-8-7(12)5(9)2-3-6(10)11/h4,12H,2-3H2,1H3,(H,10,11). The molecule has 0 saturated carbocycles. The largest absolute Gasteiger partial charge is 0.481 e. The molecule has 0 saturated heterocycles. The van der Waals surface area contributed by atoms with Gasteiger partial charge in [-0.3, -0.25) is 4.79 Å². The molecule has 1 aromatic heterocycles. The third kappa shape index (κ3) is 2.01. The maximum atomic E-state index is 10.3. The van der Waals surface area contributed by atoms with Crippen molar-refractivity contribution in [3.63, 3.8) is 0 Å². The monoisotopic (exact) mass is 186 g/mol. The molecule has 0 unspecified atom stereocenters. The Morgan fingerprint density at radius 1 is 1.83 bits per heavy atom. The van der Waals surface area contributed by atoms with Gasteiger partial charge in [0.2, 0.25) is 0 Å². The highest BCUT2D eigenvalue weighted by Gasteiger charge is 2.06. The van der Waals surface area contributed by atoms with E-state index in [9.17, 15) is 4.79 Å². The molecule has 0 spiro atoms. The van der Waals surface area contributed by atoms with E-state index in [0.717, 1.165) is 5.69 Å². The molecule has 1 N–H and O–H groups in total. The first-order valence-corrected chi connectivity index (χ1v) is 3.97. The number of hydrogen-bond acceptors (Lipinski definition) is 3. The third-order valence-electron chi connectivity index (χ3n) is 1.61. The zero-order valence-corrected chi connectivity index (χ0v) is 7.58. The van der Waals surface area contributed by atoms with Crippen molar-refractivity contribution in [2.75, 3.05) is 0 Å². The van der Waals surface area contributed by atoms with Gasteiger partial charge in [-0.05, 0) is 0 Å². The van der Waals surface area contributed by atoms with Crippen LogP contribution < -0.4 is 0 Å². The molecule has 0 aliphatic heterocycles. The highest BCUT2D eigenvalue weighted by molar-refractivity contribution is 7.80. The van der Waals surface area contributed by atoms with Crippen LogP contribution in [0.1, 0.15) is 12.1 Å². The van der Waals surface area contributed by atoms with Crippen LogP contribution in [0.4, 0.5) is 0 Å². The summed E-state index contributed by atoms with van der Waals surface area (Å²) in [6, 6.07) is 0. The Labute approximate surface area is 75.6 Å². The molecule has 0 bridgehead atoms. The Kier molecular flexibility index (Phi) is 2.75. The summed E-state index contributed by atoms with van der Waals surface area (Å²) in [7, 11) is 1.82. The number of carbonyl (C=O) groups is 1. The van der Waals surface area contributed by atoms with Gasteiger partial charge in [-0.15, -0.1) is 12.6 Å². The summed E-state index contributed by atoms with van der Waals surface area (Å²) in [6.45, 7) is 0. The molecule has 0 amide bonds. The van der Waals surface area contributed by atoms with Crippen molar-refractivity contribution in [2.24, 2.45) is 7.05 Å². The van der Waals surface area contributed by atoms with Crippen LogP contribution in [0.3, 0.4) is 0 Å². The molecule has 12 heavy (non-hydrogen) atoms. The number of rotatable bonds is 3. The lowest BCUT2D eigenvalue weighted by Crippen LogP contribution is -2.02. The number of aromatic nitrogens is 2. The Bertz CT molecular complexity index is 276. The summed E-state index contributed by atoms with van der Waals surface area (Å²) >= 11 is 4.10. The predicted molar refractivity (Wildman–Crippen MR) is 46.4 cm³/mol. The molecule has 0 aliphatic carbocycles. The summed E-state index contributed by atoms with van der Waals surface area (Å²) in [5.74, 6) is -0.802. The number of carboxylic acids is 1. The van der Waals surface area contributed by atoms with Gasteiger partial charge in [-0.1, -0.05) is 0 Å². The number of aliphatic carboxylic acids is 1. The van der Waals surface area contributed by atoms with Crippen molar-refractivity contribution in [3.8, 4) is 0 Å². The van der Waals surface area contributed by atoms with Crippen LogP contribution in [0.15, 0.2) is 11.4 Å². The lowest BCUT2D eigenvalue weighted by Gasteiger charge is -1.99. The normalized spacial score (nSPS) is 10.2. The van der Waals surface area contributed by atoms with Gasteiger partial charge in [-0.2, -0.15) is 0 Å². The maximum absolute atomic E-state index is 10.3. The average molecular weight is 186 g/mol. The molecule has 0 aromatic carbocycles. The molecule has 0 radical (unpaired) electrons. The Morgan fingerprint density at radius 3 is 2.92 bits per heavy atom. The van der Waals surface area contributed by atoms with E-state index >= 15 is 0 Å². The van der Waals surface area contributed by atoms with Gasteiger partial charge in [0, 0.05) is 13.5 Å². The molecular weight excluding hydrogens is 176 g/mol. The molecule has 5 heteroatoms. The van der Waals surface area contributed by atoms with Gasteiger partial charge in [0.25, 0.3) is 0 Å². The van der Waals surface area contributed by atoms with Crippen LogP contribution in [-0.2, 0) is 18.3 Å². The van der Waals surface area contributed by atoms with E-state index < -0.39 is 5.97 Å². The van der Waals surface area contributed by atoms with Crippen LogP contribution in [-0.4, -0.2) is 20.6 Å². The van der Waals surface area contributed by atoms with E-state index in [1.54, 1.807) is 10.9 Å². The number of thiol groups is 1. The number of carboxylic acid groups (broad SMARTS) is 1. The van der Waals surface area contributed by atoms with Crippen molar-refractivity contribution < 1.29 is 9.90 Å². The first-order valence-electron chi connectivity index (χ1n) is 3.52. The lowest BCUT2D eigenvalue weighted by molar-refractivity contribution is -0.137. The van der Waals surface area contributed by atoms with Gasteiger partial charge in [0.15, 0.2) is 0 Å². The van der Waals surface area contributed by atoms with Crippen LogP contribution in [0.5, 0.6) is 0 Å². The second kappa shape index (κ2) is 3.62. The van der Waals surface area contributed by atoms with E-state index in [0.29, 0.717) is 11.4 Å². The van der Waals surface area contributed by atoms with Crippen molar-refractivity contribution in [2.45, 2.75) is 17.9 Å². The topological polar surface area (TPSA) is 55.1 Å². The van der Waals surface area contributed by atoms with Gasteiger partial charge in [0.1, 0.15) is 5.03 Å². The van der Waals surface area contributed by atoms with Crippen molar-refractivity contribution in [3.05, 3.63) is 12.0 Å². The molecule has 66 valence electrons. The highest BCUT2D eigenvalue weighted by Crippen LogP contribution is 2.12. The molecule has 0 fully saturated rings. The van der Waals surface area contributed by atoms with Crippen LogP contribution in [0.25, 0.3) is 0 Å². The second-order valence-corrected chi connectivity index (χ2v) is 2.94. The van der Waals surface area contributed by atoms with E-state index in [4.69, 9.17) is 5.11 Å². The van der Waals surface area contributed by atoms with Gasteiger partial charge in [-0.25, -0.2) is 4.98 Å². The number of nitrogens with zero attached hydrogens (tertiary/aromatic N) is 2. The van der Waals surface area contributed by atoms with E-state index in [1.165, 1.54) is 0 Å². The van der Waals surface area contributed by atoms with Crippen LogP contribution in [0.2, 0.25) is 0 Å². The van der Waals surface area contributed by atoms with Crippen molar-refractivity contribution >= 4 is 18.6 Å². The molecule has 1 heterocycles.